The van der Waals surface area contributed by atoms with E-state index in [1.165, 1.54) is 10.9 Å². The average Bonchev–Trinajstić information content (AvgIpc) is 2.36. The van der Waals surface area contributed by atoms with E-state index in [0.717, 1.165) is 18.5 Å². The van der Waals surface area contributed by atoms with Gasteiger partial charge in [-0.1, -0.05) is 12.1 Å². The van der Waals surface area contributed by atoms with Crippen LogP contribution in [0.3, 0.4) is 0 Å². The highest BCUT2D eigenvalue weighted by molar-refractivity contribution is 5.78. The van der Waals surface area contributed by atoms with E-state index in [1.54, 1.807) is 0 Å². The van der Waals surface area contributed by atoms with Crippen molar-refractivity contribution >= 4 is 10.9 Å². The lowest BCUT2D eigenvalue weighted by Gasteiger charge is -2.11. The molecule has 1 heterocycles. The molecule has 0 saturated heterocycles. The molecule has 1 aromatic carbocycles. The third-order valence-electron chi connectivity index (χ3n) is 2.75. The lowest BCUT2D eigenvalue weighted by Crippen LogP contribution is -2.24. The summed E-state index contributed by atoms with van der Waals surface area (Å²) < 4.78 is 0. The Morgan fingerprint density at radius 2 is 2.29 bits per heavy atom. The number of aromatic nitrogens is 1. The Bertz CT molecular complexity index is 540. The van der Waals surface area contributed by atoms with Crippen LogP contribution in [0.1, 0.15) is 18.9 Å². The molecule has 0 spiro atoms. The molecule has 86 valence electrons. The number of terminal acetylenes is 1. The second-order valence-electron chi connectivity index (χ2n) is 4.22. The minimum absolute atomic E-state index is 0.351. The maximum absolute atomic E-state index is 5.27. The summed E-state index contributed by atoms with van der Waals surface area (Å²) in [5, 5.41) is 4.58. The third-order valence-corrected chi connectivity index (χ3v) is 2.75. The van der Waals surface area contributed by atoms with Gasteiger partial charge in [-0.3, -0.25) is 4.98 Å². The zero-order chi connectivity index (χ0) is 12.1. The van der Waals surface area contributed by atoms with Crippen molar-refractivity contribution in [1.82, 2.24) is 10.3 Å². The first kappa shape index (κ1) is 11.6. The highest BCUT2D eigenvalue weighted by atomic mass is 14.9. The quantitative estimate of drug-likeness (QED) is 0.808. The van der Waals surface area contributed by atoms with Crippen LogP contribution in [0.5, 0.6) is 0 Å². The lowest BCUT2D eigenvalue weighted by atomic mass is 10.1. The van der Waals surface area contributed by atoms with Crippen LogP contribution in [0.25, 0.3) is 10.9 Å². The Labute approximate surface area is 102 Å². The molecule has 1 atom stereocenters. The van der Waals surface area contributed by atoms with Gasteiger partial charge in [-0.2, -0.15) is 0 Å². The average molecular weight is 224 g/mol. The first-order valence-electron chi connectivity index (χ1n) is 5.80. The largest absolute Gasteiger partial charge is 0.309 e. The lowest BCUT2D eigenvalue weighted by molar-refractivity contribution is 0.560. The van der Waals surface area contributed by atoms with Gasteiger partial charge in [-0.25, -0.2) is 0 Å². The predicted octanol–water partition coefficient (Wildman–Crippen LogP) is 2.74. The van der Waals surface area contributed by atoms with Crippen molar-refractivity contribution in [2.45, 2.75) is 25.9 Å². The number of hydrogen-bond acceptors (Lipinski definition) is 2. The molecule has 1 aromatic heterocycles. The summed E-state index contributed by atoms with van der Waals surface area (Å²) in [5.41, 5.74) is 2.29. The Kier molecular flexibility index (Phi) is 3.74. The molecule has 2 aromatic rings. The van der Waals surface area contributed by atoms with Gasteiger partial charge in [0.05, 0.1) is 5.52 Å². The van der Waals surface area contributed by atoms with Crippen molar-refractivity contribution < 1.29 is 0 Å². The third kappa shape index (κ3) is 3.05. The summed E-state index contributed by atoms with van der Waals surface area (Å²) >= 11 is 0. The van der Waals surface area contributed by atoms with Crippen LogP contribution in [0, 0.1) is 12.3 Å². The smallest absolute Gasteiger partial charge is 0.0702 e. The van der Waals surface area contributed by atoms with Crippen molar-refractivity contribution in [3.8, 4) is 12.3 Å². The molecule has 0 amide bonds. The maximum Gasteiger partial charge on any atom is 0.0702 e. The van der Waals surface area contributed by atoms with Crippen LogP contribution < -0.4 is 5.32 Å². The molecular weight excluding hydrogens is 208 g/mol. The predicted molar refractivity (Wildman–Crippen MR) is 71.5 cm³/mol. The molecule has 0 aliphatic carbocycles. The van der Waals surface area contributed by atoms with Crippen LogP contribution >= 0.6 is 0 Å². The van der Waals surface area contributed by atoms with E-state index in [1.807, 2.05) is 12.3 Å². The number of nitrogens with one attached hydrogen (secondary N) is 1. The van der Waals surface area contributed by atoms with E-state index in [0.29, 0.717) is 6.04 Å². The molecule has 0 bridgehead atoms. The van der Waals surface area contributed by atoms with Gasteiger partial charge >= 0.3 is 0 Å². The van der Waals surface area contributed by atoms with Gasteiger partial charge in [0.15, 0.2) is 0 Å². The minimum atomic E-state index is 0.351. The number of nitrogens with zero attached hydrogens (tertiary/aromatic N) is 1. The van der Waals surface area contributed by atoms with Crippen LogP contribution in [-0.2, 0) is 6.54 Å². The van der Waals surface area contributed by atoms with Gasteiger partial charge in [0, 0.05) is 30.6 Å². The first-order chi connectivity index (χ1) is 8.29. The molecule has 1 unspecified atom stereocenters. The van der Waals surface area contributed by atoms with Gasteiger partial charge in [-0.15, -0.1) is 12.3 Å². The summed E-state index contributed by atoms with van der Waals surface area (Å²) in [6, 6.07) is 10.7. The number of pyridine rings is 1. The molecule has 0 fully saturated rings. The highest BCUT2D eigenvalue weighted by Gasteiger charge is 2.00. The Hall–Kier alpha value is -1.85. The fourth-order valence-corrected chi connectivity index (χ4v) is 1.78. The maximum atomic E-state index is 5.27. The Morgan fingerprint density at radius 3 is 3.12 bits per heavy atom. The summed E-state index contributed by atoms with van der Waals surface area (Å²) in [6.45, 7) is 2.94. The SMILES string of the molecule is C#CCC(C)NCc1ccc2ncccc2c1. The van der Waals surface area contributed by atoms with Crippen molar-refractivity contribution in [2.24, 2.45) is 0 Å². The van der Waals surface area contributed by atoms with Crippen molar-refractivity contribution in [1.29, 1.82) is 0 Å². The van der Waals surface area contributed by atoms with Gasteiger partial charge in [-0.05, 0) is 30.7 Å². The molecule has 0 aliphatic rings. The second-order valence-corrected chi connectivity index (χ2v) is 4.22. The zero-order valence-electron chi connectivity index (χ0n) is 9.98. The molecule has 2 rings (SSSR count). The van der Waals surface area contributed by atoms with Crippen molar-refractivity contribution in [2.75, 3.05) is 0 Å². The second kappa shape index (κ2) is 5.47. The minimum Gasteiger partial charge on any atom is -0.309 e. The van der Waals surface area contributed by atoms with Crippen molar-refractivity contribution in [3.05, 3.63) is 42.1 Å². The van der Waals surface area contributed by atoms with Crippen LogP contribution in [0.2, 0.25) is 0 Å². The van der Waals surface area contributed by atoms with E-state index in [9.17, 15) is 0 Å². The summed E-state index contributed by atoms with van der Waals surface area (Å²) in [5.74, 6) is 2.66. The van der Waals surface area contributed by atoms with E-state index in [-0.39, 0.29) is 0 Å². The number of hydrogen-bond donors (Lipinski definition) is 1. The Morgan fingerprint density at radius 1 is 1.41 bits per heavy atom. The normalized spacial score (nSPS) is 12.2. The summed E-state index contributed by atoms with van der Waals surface area (Å²) in [7, 11) is 0. The fourth-order valence-electron chi connectivity index (χ4n) is 1.78. The van der Waals surface area contributed by atoms with E-state index < -0.39 is 0 Å². The number of fused-ring (bicyclic) bond motifs is 1. The molecular formula is C15H16N2. The summed E-state index contributed by atoms with van der Waals surface area (Å²) in [4.78, 5) is 4.30. The van der Waals surface area contributed by atoms with Gasteiger partial charge in [0.2, 0.25) is 0 Å². The molecule has 17 heavy (non-hydrogen) atoms. The van der Waals surface area contributed by atoms with Crippen molar-refractivity contribution in [3.63, 3.8) is 0 Å². The van der Waals surface area contributed by atoms with Crippen LogP contribution in [-0.4, -0.2) is 11.0 Å². The molecule has 0 saturated carbocycles. The zero-order valence-corrected chi connectivity index (χ0v) is 9.98. The molecule has 2 heteroatoms. The van der Waals surface area contributed by atoms with Crippen LogP contribution in [0.15, 0.2) is 36.5 Å². The van der Waals surface area contributed by atoms with Gasteiger partial charge < -0.3 is 5.32 Å². The molecule has 0 radical (unpaired) electrons. The molecule has 2 nitrogen and oxygen atoms in total. The molecule has 1 N–H and O–H groups in total. The van der Waals surface area contributed by atoms with E-state index >= 15 is 0 Å². The highest BCUT2D eigenvalue weighted by Crippen LogP contribution is 2.13. The first-order valence-corrected chi connectivity index (χ1v) is 5.80. The number of rotatable bonds is 4. The molecule has 0 aliphatic heterocycles. The fraction of sp³-hybridized carbons (Fsp3) is 0.267. The summed E-state index contributed by atoms with van der Waals surface area (Å²) in [6.07, 6.45) is 7.85. The standard InChI is InChI=1S/C15H16N2/c1-3-5-12(2)17-11-13-7-8-15-14(10-13)6-4-9-16-15/h1,4,6-10,12,17H,5,11H2,2H3. The van der Waals surface area contributed by atoms with E-state index in [2.05, 4.69) is 47.4 Å². The topological polar surface area (TPSA) is 24.9 Å². The van der Waals surface area contributed by atoms with Gasteiger partial charge in [0.25, 0.3) is 0 Å². The Balaban J connectivity index is 2.07. The van der Waals surface area contributed by atoms with E-state index in [4.69, 9.17) is 6.42 Å². The number of benzene rings is 1. The monoisotopic (exact) mass is 224 g/mol. The van der Waals surface area contributed by atoms with Crippen LogP contribution in [0.4, 0.5) is 0 Å². The van der Waals surface area contributed by atoms with Gasteiger partial charge in [0.1, 0.15) is 0 Å².